The van der Waals surface area contributed by atoms with Gasteiger partial charge in [-0.1, -0.05) is 24.3 Å². The molecule has 0 radical (unpaired) electrons. The van der Waals surface area contributed by atoms with E-state index in [0.29, 0.717) is 17.5 Å². The molecule has 15 nitrogen and oxygen atoms in total. The number of carbonyl (C=O) groups is 4. The van der Waals surface area contributed by atoms with Crippen LogP contribution in [0.25, 0.3) is 0 Å². The second-order valence-electron chi connectivity index (χ2n) is 9.98. The van der Waals surface area contributed by atoms with E-state index in [9.17, 15) is 39.6 Å². The molecular formula is C28H39N7O8. The van der Waals surface area contributed by atoms with Crippen LogP contribution in [0.1, 0.15) is 30.9 Å². The zero-order valence-corrected chi connectivity index (χ0v) is 23.6. The van der Waals surface area contributed by atoms with E-state index in [1.807, 2.05) is 0 Å². The summed E-state index contributed by atoms with van der Waals surface area (Å²) in [6.07, 6.45) is -1.07. The van der Waals surface area contributed by atoms with E-state index >= 15 is 0 Å². The molecule has 0 aliphatic rings. The number of amides is 3. The number of rotatable bonds is 16. The van der Waals surface area contributed by atoms with Gasteiger partial charge in [-0.15, -0.1) is 0 Å². The van der Waals surface area contributed by atoms with Gasteiger partial charge in [-0.2, -0.15) is 0 Å². The van der Waals surface area contributed by atoms with Crippen LogP contribution in [0.3, 0.4) is 0 Å². The second kappa shape index (κ2) is 16.5. The third-order valence-electron chi connectivity index (χ3n) is 6.37. The minimum absolute atomic E-state index is 0.0111. The maximum absolute atomic E-state index is 13.3. The maximum Gasteiger partial charge on any atom is 0.326 e. The summed E-state index contributed by atoms with van der Waals surface area (Å²) >= 11 is 0. The normalized spacial score (nSPS) is 14.3. The Bertz CT molecular complexity index is 1260. The number of phenols is 2. The van der Waals surface area contributed by atoms with Crippen LogP contribution in [-0.2, 0) is 32.0 Å². The van der Waals surface area contributed by atoms with Crippen molar-refractivity contribution in [2.45, 2.75) is 62.9 Å². The Morgan fingerprint density at radius 3 is 1.74 bits per heavy atom. The molecule has 0 bridgehead atoms. The number of nitrogens with two attached hydrogens (primary N) is 3. The molecule has 15 heteroatoms. The van der Waals surface area contributed by atoms with E-state index in [0.717, 1.165) is 0 Å². The topological polar surface area (TPSA) is 276 Å². The predicted molar refractivity (Wildman–Crippen MR) is 157 cm³/mol. The molecule has 0 heterocycles. The number of benzene rings is 2. The molecule has 0 saturated carbocycles. The lowest BCUT2D eigenvalue weighted by atomic mass is 10.0. The maximum atomic E-state index is 13.3. The molecule has 0 aliphatic heterocycles. The summed E-state index contributed by atoms with van der Waals surface area (Å²) in [5.74, 6) is -3.97. The van der Waals surface area contributed by atoms with E-state index in [-0.39, 0.29) is 43.3 Å². The van der Waals surface area contributed by atoms with Crippen LogP contribution in [-0.4, -0.2) is 86.9 Å². The first-order valence-corrected chi connectivity index (χ1v) is 13.5. The molecule has 0 saturated heterocycles. The average Bonchev–Trinajstić information content (AvgIpc) is 2.94. The number of carboxylic acids is 1. The highest BCUT2D eigenvalue weighted by molar-refractivity contribution is 5.94. The number of hydrogen-bond donors (Lipinski definition) is 10. The Kier molecular flexibility index (Phi) is 13.2. The Morgan fingerprint density at radius 1 is 0.791 bits per heavy atom. The first-order valence-electron chi connectivity index (χ1n) is 13.5. The van der Waals surface area contributed by atoms with Crippen LogP contribution in [0, 0.1) is 0 Å². The number of aliphatic carboxylic acids is 1. The number of carbonyl (C=O) groups excluding carboxylic acids is 3. The van der Waals surface area contributed by atoms with Crippen molar-refractivity contribution in [1.29, 1.82) is 0 Å². The van der Waals surface area contributed by atoms with Gasteiger partial charge in [0, 0.05) is 19.4 Å². The zero-order valence-electron chi connectivity index (χ0n) is 23.6. The standard InChI is InChI=1S/C28H39N7O8/c1-15(36)23(35-24(39)20(29)3-2-12-32-28(30)31)26(41)33-21(13-16-4-8-18(37)9-5-16)25(40)34-22(27(42)43)14-17-6-10-19(38)11-7-17/h4-11,15,20-23,36-38H,2-3,12-14,29H2,1H3,(H,33,41)(H,34,40)(H,35,39)(H,42,43)(H4,30,31,32). The van der Waals surface area contributed by atoms with Crippen LogP contribution in [0.4, 0.5) is 0 Å². The third-order valence-corrected chi connectivity index (χ3v) is 6.37. The SMILES string of the molecule is CC(O)C(NC(=O)C(N)CCCN=C(N)N)C(=O)NC(Cc1ccc(O)cc1)C(=O)NC(Cc1ccc(O)cc1)C(=O)O. The summed E-state index contributed by atoms with van der Waals surface area (Å²) in [5.41, 5.74) is 17.5. The Labute approximate surface area is 248 Å². The molecule has 5 unspecified atom stereocenters. The quantitative estimate of drug-likeness (QED) is 0.0581. The molecule has 2 rings (SSSR count). The second-order valence-corrected chi connectivity index (χ2v) is 9.98. The molecular weight excluding hydrogens is 562 g/mol. The molecule has 0 aromatic heterocycles. The molecule has 3 amide bonds. The Hall–Kier alpha value is -4.89. The Balaban J connectivity index is 2.20. The van der Waals surface area contributed by atoms with Crippen molar-refractivity contribution < 1.29 is 39.6 Å². The number of hydrogen-bond acceptors (Lipinski definition) is 9. The van der Waals surface area contributed by atoms with Gasteiger partial charge < -0.3 is 53.6 Å². The van der Waals surface area contributed by atoms with Crippen molar-refractivity contribution >= 4 is 29.7 Å². The molecule has 43 heavy (non-hydrogen) atoms. The minimum Gasteiger partial charge on any atom is -0.508 e. The van der Waals surface area contributed by atoms with Gasteiger partial charge in [0.1, 0.15) is 29.6 Å². The van der Waals surface area contributed by atoms with Gasteiger partial charge in [0.15, 0.2) is 5.96 Å². The average molecular weight is 602 g/mol. The molecule has 2 aromatic rings. The van der Waals surface area contributed by atoms with Gasteiger partial charge in [0.25, 0.3) is 0 Å². The van der Waals surface area contributed by atoms with Crippen LogP contribution in [0.5, 0.6) is 11.5 Å². The number of aliphatic imine (C=N–C) groups is 1. The number of guanidine groups is 1. The highest BCUT2D eigenvalue weighted by atomic mass is 16.4. The van der Waals surface area contributed by atoms with Gasteiger partial charge in [-0.3, -0.25) is 19.4 Å². The van der Waals surface area contributed by atoms with Crippen LogP contribution >= 0.6 is 0 Å². The highest BCUT2D eigenvalue weighted by Gasteiger charge is 2.32. The molecule has 234 valence electrons. The number of nitrogens with one attached hydrogen (secondary N) is 3. The molecule has 5 atom stereocenters. The number of phenolic OH excluding ortho intramolecular Hbond substituents is 2. The van der Waals surface area contributed by atoms with Gasteiger partial charge >= 0.3 is 5.97 Å². The van der Waals surface area contributed by atoms with Gasteiger partial charge in [0.05, 0.1) is 12.1 Å². The van der Waals surface area contributed by atoms with Crippen molar-refractivity contribution in [1.82, 2.24) is 16.0 Å². The van der Waals surface area contributed by atoms with Crippen molar-refractivity contribution in [3.63, 3.8) is 0 Å². The molecule has 13 N–H and O–H groups in total. The first-order chi connectivity index (χ1) is 20.3. The van der Waals surface area contributed by atoms with Crippen molar-refractivity contribution in [2.75, 3.05) is 6.54 Å². The number of aliphatic hydroxyl groups is 1. The predicted octanol–water partition coefficient (Wildman–Crippen LogP) is -1.82. The molecule has 2 aromatic carbocycles. The number of aliphatic hydroxyl groups excluding tert-OH is 1. The Morgan fingerprint density at radius 2 is 1.28 bits per heavy atom. The lowest BCUT2D eigenvalue weighted by Crippen LogP contribution is -2.60. The van der Waals surface area contributed by atoms with E-state index in [2.05, 4.69) is 20.9 Å². The van der Waals surface area contributed by atoms with E-state index in [4.69, 9.17) is 17.2 Å². The van der Waals surface area contributed by atoms with E-state index in [1.165, 1.54) is 55.5 Å². The summed E-state index contributed by atoms with van der Waals surface area (Å²) in [6.45, 7) is 1.50. The first kappa shape index (κ1) is 34.3. The fourth-order valence-corrected chi connectivity index (χ4v) is 3.99. The van der Waals surface area contributed by atoms with E-state index < -0.39 is 54.0 Å². The summed E-state index contributed by atoms with van der Waals surface area (Å²) in [4.78, 5) is 55.0. The van der Waals surface area contributed by atoms with Gasteiger partial charge in [0.2, 0.25) is 17.7 Å². The summed E-state index contributed by atoms with van der Waals surface area (Å²) in [5, 5.41) is 46.4. The van der Waals surface area contributed by atoms with E-state index in [1.54, 1.807) is 0 Å². The zero-order chi connectivity index (χ0) is 32.1. The van der Waals surface area contributed by atoms with Gasteiger partial charge in [-0.25, -0.2) is 4.79 Å². The summed E-state index contributed by atoms with van der Waals surface area (Å²) in [7, 11) is 0. The molecule has 0 aliphatic carbocycles. The van der Waals surface area contributed by atoms with Crippen molar-refractivity contribution in [3.8, 4) is 11.5 Å². The smallest absolute Gasteiger partial charge is 0.326 e. The van der Waals surface area contributed by atoms with Crippen molar-refractivity contribution in [3.05, 3.63) is 59.7 Å². The lowest BCUT2D eigenvalue weighted by molar-refractivity contribution is -0.142. The number of aromatic hydroxyl groups is 2. The van der Waals surface area contributed by atoms with Crippen LogP contribution in [0.15, 0.2) is 53.5 Å². The third kappa shape index (κ3) is 11.9. The summed E-state index contributed by atoms with van der Waals surface area (Å²) in [6, 6.07) is 6.29. The number of carboxylic acid groups (broad SMARTS) is 1. The lowest BCUT2D eigenvalue weighted by Gasteiger charge is -2.26. The highest BCUT2D eigenvalue weighted by Crippen LogP contribution is 2.14. The largest absolute Gasteiger partial charge is 0.508 e. The molecule has 0 spiro atoms. The van der Waals surface area contributed by atoms with Crippen LogP contribution < -0.4 is 33.2 Å². The number of nitrogens with zero attached hydrogens (tertiary/aromatic N) is 1. The van der Waals surface area contributed by atoms with Crippen molar-refractivity contribution in [2.24, 2.45) is 22.2 Å². The minimum atomic E-state index is -1.50. The van der Waals surface area contributed by atoms with Crippen LogP contribution in [0.2, 0.25) is 0 Å². The van der Waals surface area contributed by atoms with Gasteiger partial charge in [-0.05, 0) is 55.2 Å². The fraction of sp³-hybridized carbons (Fsp3) is 0.393. The molecule has 0 fully saturated rings. The summed E-state index contributed by atoms with van der Waals surface area (Å²) < 4.78 is 0. The fourth-order valence-electron chi connectivity index (χ4n) is 3.99. The monoisotopic (exact) mass is 601 g/mol.